The molecule has 4 rings (SSSR count). The topological polar surface area (TPSA) is 89.8 Å². The maximum absolute atomic E-state index is 14.4. The summed E-state index contributed by atoms with van der Waals surface area (Å²) in [5.74, 6) is -0.778. The van der Waals surface area contributed by atoms with Gasteiger partial charge in [0.25, 0.3) is 0 Å². The van der Waals surface area contributed by atoms with E-state index in [1.54, 1.807) is 32.9 Å². The number of fused-ring (bicyclic) bond motifs is 5. The number of hydrogen-bond acceptors (Lipinski definition) is 5. The molecule has 0 spiro atoms. The molecule has 1 aliphatic rings. The standard InChI is InChI=1S/C28H31FN2O5/c1-28(2,3)36-27(34)31-23-10-6-5-9-20(23)21-16-25(32)30-22(26(33)35-4)15-18-12-17(13-19(29)14-18)8-7-11-24(21)31/h5-7,9-14,22,26,33H,8,15-16H2,1-4H3,(H,30,32)/b11-7+/t22-,26?/m0/s1. The van der Waals surface area contributed by atoms with Gasteiger partial charge in [-0.25, -0.2) is 13.8 Å². The first-order chi connectivity index (χ1) is 17.1. The summed E-state index contributed by atoms with van der Waals surface area (Å²) in [5, 5.41) is 14.0. The molecule has 2 aromatic carbocycles. The van der Waals surface area contributed by atoms with Crippen molar-refractivity contribution in [3.63, 3.8) is 0 Å². The predicted molar refractivity (Wildman–Crippen MR) is 135 cm³/mol. The fourth-order valence-corrected chi connectivity index (χ4v) is 4.51. The molecule has 1 aromatic heterocycles. The first-order valence-electron chi connectivity index (χ1n) is 11.9. The van der Waals surface area contributed by atoms with E-state index in [4.69, 9.17) is 9.47 Å². The number of aliphatic hydroxyl groups is 1. The summed E-state index contributed by atoms with van der Waals surface area (Å²) in [4.78, 5) is 26.5. The van der Waals surface area contributed by atoms with Gasteiger partial charge in [-0.05, 0) is 74.6 Å². The number of allylic oxidation sites excluding steroid dienone is 1. The Morgan fingerprint density at radius 2 is 1.92 bits per heavy atom. The Morgan fingerprint density at radius 3 is 2.64 bits per heavy atom. The van der Waals surface area contributed by atoms with Gasteiger partial charge in [0, 0.05) is 12.5 Å². The van der Waals surface area contributed by atoms with Crippen LogP contribution in [-0.2, 0) is 33.5 Å². The van der Waals surface area contributed by atoms with Gasteiger partial charge in [-0.15, -0.1) is 0 Å². The fourth-order valence-electron chi connectivity index (χ4n) is 4.51. The van der Waals surface area contributed by atoms with E-state index in [-0.39, 0.29) is 18.7 Å². The number of aliphatic hydroxyl groups excluding tert-OH is 1. The van der Waals surface area contributed by atoms with Gasteiger partial charge in [-0.2, -0.15) is 0 Å². The molecule has 0 fully saturated rings. The van der Waals surface area contributed by atoms with Crippen LogP contribution >= 0.6 is 0 Å². The quantitative estimate of drug-likeness (QED) is 0.517. The molecular weight excluding hydrogens is 463 g/mol. The number of ether oxygens (including phenoxy) is 2. The SMILES string of the molecule is COC(O)[C@@H]1Cc2cc(F)cc(c2)C/C=C/c2c(c3ccccc3n2C(=O)OC(C)(C)C)CC(=O)N1. The Labute approximate surface area is 209 Å². The van der Waals surface area contributed by atoms with Crippen molar-refractivity contribution in [2.24, 2.45) is 0 Å². The van der Waals surface area contributed by atoms with Crippen molar-refractivity contribution in [3.05, 3.63) is 76.7 Å². The Balaban J connectivity index is 1.88. The van der Waals surface area contributed by atoms with Crippen LogP contribution in [-0.4, -0.2) is 46.7 Å². The minimum atomic E-state index is -1.29. The highest BCUT2D eigenvalue weighted by Gasteiger charge is 2.27. The molecule has 0 radical (unpaired) electrons. The highest BCUT2D eigenvalue weighted by Crippen LogP contribution is 2.30. The second-order valence-electron chi connectivity index (χ2n) is 9.95. The Hall–Kier alpha value is -3.49. The van der Waals surface area contributed by atoms with Crippen molar-refractivity contribution in [1.29, 1.82) is 0 Å². The molecule has 7 nitrogen and oxygen atoms in total. The molecule has 36 heavy (non-hydrogen) atoms. The van der Waals surface area contributed by atoms with Crippen LogP contribution in [0.5, 0.6) is 0 Å². The summed E-state index contributed by atoms with van der Waals surface area (Å²) >= 11 is 0. The molecule has 1 amide bonds. The third-order valence-corrected chi connectivity index (χ3v) is 5.97. The molecule has 1 aliphatic heterocycles. The lowest BCUT2D eigenvalue weighted by atomic mass is 10.0. The van der Waals surface area contributed by atoms with Crippen LogP contribution in [0.2, 0.25) is 0 Å². The van der Waals surface area contributed by atoms with Gasteiger partial charge < -0.3 is 19.9 Å². The number of carbonyl (C=O) groups excluding carboxylic acids is 2. The monoisotopic (exact) mass is 494 g/mol. The van der Waals surface area contributed by atoms with E-state index < -0.39 is 29.8 Å². The Morgan fingerprint density at radius 1 is 1.19 bits per heavy atom. The molecule has 0 saturated carbocycles. The number of amides is 1. The first-order valence-corrected chi connectivity index (χ1v) is 11.9. The Kier molecular flexibility index (Phi) is 7.28. The molecule has 2 atom stereocenters. The van der Waals surface area contributed by atoms with Gasteiger partial charge in [0.05, 0.1) is 23.7 Å². The summed E-state index contributed by atoms with van der Waals surface area (Å²) in [7, 11) is 1.34. The molecule has 0 aliphatic carbocycles. The number of aromatic nitrogens is 1. The number of nitrogens with zero attached hydrogens (tertiary/aromatic N) is 1. The zero-order valence-electron chi connectivity index (χ0n) is 20.9. The number of rotatable bonds is 2. The first kappa shape index (κ1) is 25.6. The molecule has 2 bridgehead atoms. The van der Waals surface area contributed by atoms with E-state index in [2.05, 4.69) is 5.32 Å². The van der Waals surface area contributed by atoms with Crippen molar-refractivity contribution in [3.8, 4) is 0 Å². The summed E-state index contributed by atoms with van der Waals surface area (Å²) < 4.78 is 26.6. The number of carbonyl (C=O) groups is 2. The lowest BCUT2D eigenvalue weighted by Gasteiger charge is -2.23. The summed E-state index contributed by atoms with van der Waals surface area (Å²) in [5.41, 5.74) is 2.40. The van der Waals surface area contributed by atoms with Gasteiger partial charge in [0.1, 0.15) is 11.4 Å². The smallest absolute Gasteiger partial charge is 0.419 e. The molecule has 190 valence electrons. The number of halogens is 1. The minimum absolute atomic E-state index is 0.0468. The zero-order valence-corrected chi connectivity index (χ0v) is 20.9. The highest BCUT2D eigenvalue weighted by atomic mass is 19.1. The lowest BCUT2D eigenvalue weighted by molar-refractivity contribution is -0.129. The van der Waals surface area contributed by atoms with Crippen LogP contribution in [0.25, 0.3) is 17.0 Å². The van der Waals surface area contributed by atoms with Crippen LogP contribution in [0.4, 0.5) is 9.18 Å². The largest absolute Gasteiger partial charge is 0.443 e. The third kappa shape index (κ3) is 5.66. The number of nitrogens with one attached hydrogen (secondary N) is 1. The van der Waals surface area contributed by atoms with Gasteiger partial charge >= 0.3 is 6.09 Å². The third-order valence-electron chi connectivity index (χ3n) is 5.97. The second-order valence-corrected chi connectivity index (χ2v) is 9.95. The number of methoxy groups -OCH3 is 1. The van der Waals surface area contributed by atoms with Crippen molar-refractivity contribution >= 4 is 29.0 Å². The molecule has 1 unspecified atom stereocenters. The van der Waals surface area contributed by atoms with Gasteiger partial charge in [-0.1, -0.05) is 30.3 Å². The summed E-state index contributed by atoms with van der Waals surface area (Å²) in [6.45, 7) is 5.37. The van der Waals surface area contributed by atoms with Crippen LogP contribution in [0, 0.1) is 5.82 Å². The van der Waals surface area contributed by atoms with Crippen LogP contribution < -0.4 is 5.32 Å². The van der Waals surface area contributed by atoms with E-state index in [1.807, 2.05) is 30.3 Å². The minimum Gasteiger partial charge on any atom is -0.443 e. The van der Waals surface area contributed by atoms with E-state index in [9.17, 15) is 19.1 Å². The van der Waals surface area contributed by atoms with Gasteiger partial charge in [0.15, 0.2) is 6.29 Å². The second kappa shape index (κ2) is 10.2. The predicted octanol–water partition coefficient (Wildman–Crippen LogP) is 4.37. The molecule has 8 heteroatoms. The van der Waals surface area contributed by atoms with E-state index in [1.165, 1.54) is 23.8 Å². The van der Waals surface area contributed by atoms with E-state index in [0.29, 0.717) is 28.8 Å². The van der Waals surface area contributed by atoms with Crippen LogP contribution in [0.15, 0.2) is 48.5 Å². The Bertz CT molecular complexity index is 1320. The number of para-hydroxylation sites is 1. The average Bonchev–Trinajstić information content (AvgIpc) is 3.09. The molecule has 2 heterocycles. The summed E-state index contributed by atoms with van der Waals surface area (Å²) in [6.07, 6.45) is 2.31. The van der Waals surface area contributed by atoms with Crippen LogP contribution in [0.3, 0.4) is 0 Å². The molecular formula is C28H31FN2O5. The van der Waals surface area contributed by atoms with Crippen molar-refractivity contribution in [1.82, 2.24) is 9.88 Å². The van der Waals surface area contributed by atoms with Crippen molar-refractivity contribution in [2.45, 2.75) is 58.0 Å². The maximum atomic E-state index is 14.4. The molecule has 3 aromatic rings. The number of benzene rings is 2. The van der Waals surface area contributed by atoms with Gasteiger partial charge in [-0.3, -0.25) is 4.79 Å². The van der Waals surface area contributed by atoms with Gasteiger partial charge in [0.2, 0.25) is 5.91 Å². The van der Waals surface area contributed by atoms with Crippen molar-refractivity contribution in [2.75, 3.05) is 7.11 Å². The number of hydrogen-bond donors (Lipinski definition) is 2. The average molecular weight is 495 g/mol. The molecule has 2 N–H and O–H groups in total. The van der Waals surface area contributed by atoms with Crippen molar-refractivity contribution < 1.29 is 28.6 Å². The normalized spacial score (nSPS) is 18.3. The maximum Gasteiger partial charge on any atom is 0.419 e. The zero-order chi connectivity index (χ0) is 26.0. The fraction of sp³-hybridized carbons (Fsp3) is 0.357. The highest BCUT2D eigenvalue weighted by molar-refractivity contribution is 5.98. The van der Waals surface area contributed by atoms with E-state index >= 15 is 0 Å². The molecule has 0 saturated heterocycles. The lowest BCUT2D eigenvalue weighted by Crippen LogP contribution is -2.46. The van der Waals surface area contributed by atoms with E-state index in [0.717, 1.165) is 10.9 Å². The summed E-state index contributed by atoms with van der Waals surface area (Å²) in [6, 6.07) is 11.2. The van der Waals surface area contributed by atoms with Crippen LogP contribution in [0.1, 0.15) is 43.2 Å².